The first kappa shape index (κ1) is 20.1. The van der Waals surface area contributed by atoms with E-state index in [1.807, 2.05) is 35.2 Å². The summed E-state index contributed by atoms with van der Waals surface area (Å²) >= 11 is 0. The Hall–Kier alpha value is -3.15. The molecule has 2 heterocycles. The van der Waals surface area contributed by atoms with E-state index in [9.17, 15) is 9.18 Å². The molecule has 0 spiro atoms. The van der Waals surface area contributed by atoms with Gasteiger partial charge >= 0.3 is 0 Å². The highest BCUT2D eigenvalue weighted by atomic mass is 19.1. The van der Waals surface area contributed by atoms with Crippen LogP contribution in [0.5, 0.6) is 5.75 Å². The number of aromatic nitrogens is 1. The van der Waals surface area contributed by atoms with Crippen molar-refractivity contribution in [3.63, 3.8) is 0 Å². The lowest BCUT2D eigenvalue weighted by Gasteiger charge is -2.29. The topological polar surface area (TPSA) is 55.6 Å². The lowest BCUT2D eigenvalue weighted by Crippen LogP contribution is -2.36. The van der Waals surface area contributed by atoms with Gasteiger partial charge in [0, 0.05) is 23.7 Å². The smallest absolute Gasteiger partial charge is 0.227 e. The van der Waals surface area contributed by atoms with Crippen LogP contribution in [0.25, 0.3) is 11.3 Å². The lowest BCUT2D eigenvalue weighted by atomic mass is 10.0. The molecule has 1 fully saturated rings. The molecule has 1 aromatic heterocycles. The summed E-state index contributed by atoms with van der Waals surface area (Å²) in [5, 5.41) is 4.27. The van der Waals surface area contributed by atoms with Crippen LogP contribution < -0.4 is 4.74 Å². The number of amides is 1. The molecule has 30 heavy (non-hydrogen) atoms. The molecule has 1 aliphatic rings. The SMILES string of the molecule is COc1ccccc1CC(=O)N1CCCCCC1c1cc(-c2ccc(F)cc2)on1. The second-order valence-corrected chi connectivity index (χ2v) is 7.56. The fourth-order valence-electron chi connectivity index (χ4n) is 4.02. The van der Waals surface area contributed by atoms with Crippen molar-refractivity contribution in [3.8, 4) is 17.1 Å². The molecule has 1 unspecified atom stereocenters. The van der Waals surface area contributed by atoms with Gasteiger partial charge in [0.15, 0.2) is 5.76 Å². The molecule has 2 aromatic carbocycles. The molecule has 0 saturated carbocycles. The quantitative estimate of drug-likeness (QED) is 0.584. The van der Waals surface area contributed by atoms with E-state index in [0.717, 1.165) is 48.3 Å². The van der Waals surface area contributed by atoms with Crippen molar-refractivity contribution in [1.29, 1.82) is 0 Å². The Morgan fingerprint density at radius 2 is 1.97 bits per heavy atom. The van der Waals surface area contributed by atoms with Crippen molar-refractivity contribution < 1.29 is 18.4 Å². The Labute approximate surface area is 175 Å². The Morgan fingerprint density at radius 3 is 2.77 bits per heavy atom. The van der Waals surface area contributed by atoms with Gasteiger partial charge < -0.3 is 14.2 Å². The van der Waals surface area contributed by atoms with Crippen molar-refractivity contribution >= 4 is 5.91 Å². The maximum absolute atomic E-state index is 13.3. The number of hydrogen-bond donors (Lipinski definition) is 0. The monoisotopic (exact) mass is 408 g/mol. The van der Waals surface area contributed by atoms with E-state index in [2.05, 4.69) is 5.16 Å². The number of likely N-dealkylation sites (tertiary alicyclic amines) is 1. The van der Waals surface area contributed by atoms with E-state index in [1.165, 1.54) is 12.1 Å². The third-order valence-corrected chi connectivity index (χ3v) is 5.61. The number of carbonyl (C=O) groups excluding carboxylic acids is 1. The van der Waals surface area contributed by atoms with Crippen LogP contribution in [0, 0.1) is 5.82 Å². The predicted molar refractivity (Wildman–Crippen MR) is 112 cm³/mol. The second kappa shape index (κ2) is 9.11. The molecule has 1 saturated heterocycles. The molecule has 3 aromatic rings. The van der Waals surface area contributed by atoms with Crippen LogP contribution in [0.2, 0.25) is 0 Å². The summed E-state index contributed by atoms with van der Waals surface area (Å²) in [6, 6.07) is 15.5. The number of carbonyl (C=O) groups is 1. The number of methoxy groups -OCH3 is 1. The van der Waals surface area contributed by atoms with Crippen LogP contribution in [-0.2, 0) is 11.2 Å². The minimum atomic E-state index is -0.296. The zero-order valence-electron chi connectivity index (χ0n) is 17.0. The van der Waals surface area contributed by atoms with Crippen LogP contribution in [0.3, 0.4) is 0 Å². The first-order chi connectivity index (χ1) is 14.7. The third-order valence-electron chi connectivity index (χ3n) is 5.61. The van der Waals surface area contributed by atoms with E-state index in [-0.39, 0.29) is 24.2 Å². The minimum Gasteiger partial charge on any atom is -0.496 e. The Kier molecular flexibility index (Phi) is 6.12. The van der Waals surface area contributed by atoms with Crippen LogP contribution in [-0.4, -0.2) is 29.6 Å². The van der Waals surface area contributed by atoms with Gasteiger partial charge in [-0.25, -0.2) is 4.39 Å². The lowest BCUT2D eigenvalue weighted by molar-refractivity contribution is -0.133. The Balaban J connectivity index is 1.57. The van der Waals surface area contributed by atoms with Crippen molar-refractivity contribution in [2.24, 2.45) is 0 Å². The summed E-state index contributed by atoms with van der Waals surface area (Å²) in [6.45, 7) is 0.692. The highest BCUT2D eigenvalue weighted by Crippen LogP contribution is 2.33. The Bertz CT molecular complexity index is 1000. The van der Waals surface area contributed by atoms with E-state index in [0.29, 0.717) is 12.3 Å². The van der Waals surface area contributed by atoms with Gasteiger partial charge in [-0.2, -0.15) is 0 Å². The average molecular weight is 408 g/mol. The molecule has 4 rings (SSSR count). The van der Waals surface area contributed by atoms with Gasteiger partial charge in [-0.15, -0.1) is 0 Å². The number of halogens is 1. The van der Waals surface area contributed by atoms with Crippen molar-refractivity contribution in [2.45, 2.75) is 38.1 Å². The van der Waals surface area contributed by atoms with E-state index in [4.69, 9.17) is 9.26 Å². The van der Waals surface area contributed by atoms with E-state index >= 15 is 0 Å². The number of rotatable bonds is 5. The maximum atomic E-state index is 13.3. The summed E-state index contributed by atoms with van der Waals surface area (Å²) in [6.07, 6.45) is 4.20. The van der Waals surface area contributed by atoms with Crippen LogP contribution >= 0.6 is 0 Å². The highest BCUT2D eigenvalue weighted by Gasteiger charge is 2.29. The molecule has 0 radical (unpaired) electrons. The number of para-hydroxylation sites is 1. The minimum absolute atomic E-state index is 0.0535. The average Bonchev–Trinajstić information content (AvgIpc) is 3.12. The summed E-state index contributed by atoms with van der Waals surface area (Å²) in [4.78, 5) is 15.2. The van der Waals surface area contributed by atoms with Gasteiger partial charge in [0.25, 0.3) is 0 Å². The second-order valence-electron chi connectivity index (χ2n) is 7.56. The standard InChI is InChI=1S/C24H25FN2O3/c1-29-22-9-5-4-7-18(22)15-24(28)27-14-6-2-3-8-21(27)20-16-23(30-26-20)17-10-12-19(25)13-11-17/h4-5,7,9-13,16,21H,2-3,6,8,14-15H2,1H3. The van der Waals surface area contributed by atoms with Gasteiger partial charge in [0.2, 0.25) is 5.91 Å². The zero-order chi connectivity index (χ0) is 20.9. The van der Waals surface area contributed by atoms with Crippen LogP contribution in [0.15, 0.2) is 59.1 Å². The number of nitrogens with zero attached hydrogens (tertiary/aromatic N) is 2. The van der Waals surface area contributed by atoms with E-state index < -0.39 is 0 Å². The van der Waals surface area contributed by atoms with Gasteiger partial charge in [0.1, 0.15) is 17.3 Å². The fraction of sp³-hybridized carbons (Fsp3) is 0.333. The van der Waals surface area contributed by atoms with Crippen molar-refractivity contribution in [1.82, 2.24) is 10.1 Å². The number of benzene rings is 2. The molecule has 0 N–H and O–H groups in total. The largest absolute Gasteiger partial charge is 0.496 e. The van der Waals surface area contributed by atoms with Gasteiger partial charge in [-0.1, -0.05) is 36.2 Å². The number of hydrogen-bond acceptors (Lipinski definition) is 4. The molecule has 1 aliphatic heterocycles. The predicted octanol–water partition coefficient (Wildman–Crippen LogP) is 5.18. The van der Waals surface area contributed by atoms with Crippen LogP contribution in [0.1, 0.15) is 43.0 Å². The molecule has 5 nitrogen and oxygen atoms in total. The number of ether oxygens (including phenoxy) is 1. The Morgan fingerprint density at radius 1 is 1.17 bits per heavy atom. The summed E-state index contributed by atoms with van der Waals surface area (Å²) in [7, 11) is 1.62. The molecule has 0 aliphatic carbocycles. The maximum Gasteiger partial charge on any atom is 0.227 e. The van der Waals surface area contributed by atoms with Gasteiger partial charge in [-0.3, -0.25) is 4.79 Å². The van der Waals surface area contributed by atoms with Crippen LogP contribution in [0.4, 0.5) is 4.39 Å². The molecular weight excluding hydrogens is 383 g/mol. The summed E-state index contributed by atoms with van der Waals surface area (Å²) in [5.74, 6) is 1.05. The third kappa shape index (κ3) is 4.37. The van der Waals surface area contributed by atoms with E-state index in [1.54, 1.807) is 19.2 Å². The summed E-state index contributed by atoms with van der Waals surface area (Å²) < 4.78 is 24.2. The first-order valence-electron chi connectivity index (χ1n) is 10.3. The van der Waals surface area contributed by atoms with Crippen molar-refractivity contribution in [3.05, 3.63) is 71.7 Å². The molecule has 1 atom stereocenters. The van der Waals surface area contributed by atoms with Crippen molar-refractivity contribution in [2.75, 3.05) is 13.7 Å². The first-order valence-corrected chi connectivity index (χ1v) is 10.3. The normalized spacial score (nSPS) is 16.9. The van der Waals surface area contributed by atoms with Gasteiger partial charge in [0.05, 0.1) is 19.6 Å². The molecular formula is C24H25FN2O3. The highest BCUT2D eigenvalue weighted by molar-refractivity contribution is 5.80. The zero-order valence-corrected chi connectivity index (χ0v) is 17.0. The molecule has 156 valence electrons. The van der Waals surface area contributed by atoms with Gasteiger partial charge in [-0.05, 0) is 43.2 Å². The summed E-state index contributed by atoms with van der Waals surface area (Å²) in [5.41, 5.74) is 2.38. The fourth-order valence-corrected chi connectivity index (χ4v) is 4.02. The molecule has 0 bridgehead atoms. The molecule has 1 amide bonds. The molecule has 6 heteroatoms.